The van der Waals surface area contributed by atoms with Gasteiger partial charge in [-0.15, -0.1) is 0 Å². The third-order valence-electron chi connectivity index (χ3n) is 2.32. The van der Waals surface area contributed by atoms with Crippen LogP contribution < -0.4 is 0 Å². The van der Waals surface area contributed by atoms with Crippen molar-refractivity contribution in [2.75, 3.05) is 0 Å². The molecular formula is C13H18BrFO. The van der Waals surface area contributed by atoms with Crippen LogP contribution >= 0.6 is 15.9 Å². The van der Waals surface area contributed by atoms with Gasteiger partial charge < -0.3 is 5.11 Å². The van der Waals surface area contributed by atoms with Crippen LogP contribution in [0.2, 0.25) is 0 Å². The van der Waals surface area contributed by atoms with Gasteiger partial charge >= 0.3 is 0 Å². The quantitative estimate of drug-likeness (QED) is 0.894. The molecule has 0 heterocycles. The molecule has 0 aliphatic carbocycles. The Labute approximate surface area is 105 Å². The third-order valence-corrected chi connectivity index (χ3v) is 3.06. The minimum atomic E-state index is -0.387. The van der Waals surface area contributed by atoms with Gasteiger partial charge in [-0.2, -0.15) is 0 Å². The molecule has 1 rings (SSSR count). The zero-order chi connectivity index (χ0) is 12.3. The zero-order valence-electron chi connectivity index (χ0n) is 9.93. The lowest BCUT2D eigenvalue weighted by Crippen LogP contribution is -2.19. The van der Waals surface area contributed by atoms with Crippen LogP contribution in [0.5, 0.6) is 0 Å². The summed E-state index contributed by atoms with van der Waals surface area (Å²) in [7, 11) is 0. The Morgan fingerprint density at radius 1 is 1.38 bits per heavy atom. The summed E-state index contributed by atoms with van der Waals surface area (Å²) in [6.45, 7) is 6.28. The molecule has 0 bridgehead atoms. The first-order valence-corrected chi connectivity index (χ1v) is 6.19. The molecular weight excluding hydrogens is 271 g/mol. The lowest BCUT2D eigenvalue weighted by Gasteiger charge is -2.22. The number of benzene rings is 1. The zero-order valence-corrected chi connectivity index (χ0v) is 11.5. The Morgan fingerprint density at radius 2 is 2.00 bits per heavy atom. The average Bonchev–Trinajstić information content (AvgIpc) is 2.06. The fourth-order valence-corrected chi connectivity index (χ4v) is 2.23. The Kier molecular flexibility index (Phi) is 4.51. The second-order valence-corrected chi connectivity index (χ2v) is 6.21. The number of aliphatic hydroxyl groups excluding tert-OH is 1. The summed E-state index contributed by atoms with van der Waals surface area (Å²) in [5.41, 5.74) is 1.05. The van der Waals surface area contributed by atoms with Crippen molar-refractivity contribution in [2.24, 2.45) is 5.41 Å². The maximum atomic E-state index is 12.9. The lowest BCUT2D eigenvalue weighted by molar-refractivity contribution is 0.121. The van der Waals surface area contributed by atoms with Crippen LogP contribution in [0.25, 0.3) is 0 Å². The Bertz CT molecular complexity index is 357. The van der Waals surface area contributed by atoms with Crippen LogP contribution in [0.4, 0.5) is 4.39 Å². The average molecular weight is 289 g/mol. The van der Waals surface area contributed by atoms with Crippen LogP contribution in [0.15, 0.2) is 22.7 Å². The van der Waals surface area contributed by atoms with Crippen molar-refractivity contribution in [3.63, 3.8) is 0 Å². The lowest BCUT2D eigenvalue weighted by atomic mass is 9.87. The largest absolute Gasteiger partial charge is 0.393 e. The molecule has 1 N–H and O–H groups in total. The van der Waals surface area contributed by atoms with E-state index in [4.69, 9.17) is 0 Å². The molecule has 90 valence electrons. The van der Waals surface area contributed by atoms with Gasteiger partial charge in [-0.1, -0.05) is 42.8 Å². The molecule has 1 aromatic carbocycles. The summed E-state index contributed by atoms with van der Waals surface area (Å²) in [5.74, 6) is -0.263. The van der Waals surface area contributed by atoms with Gasteiger partial charge in [0.1, 0.15) is 5.82 Å². The fourth-order valence-electron chi connectivity index (χ4n) is 1.72. The highest BCUT2D eigenvalue weighted by Crippen LogP contribution is 2.25. The number of hydrogen-bond donors (Lipinski definition) is 1. The summed E-state index contributed by atoms with van der Waals surface area (Å²) in [6.07, 6.45) is 0.899. The highest BCUT2D eigenvalue weighted by Gasteiger charge is 2.17. The Morgan fingerprint density at radius 3 is 2.50 bits per heavy atom. The molecule has 1 aromatic rings. The van der Waals surface area contributed by atoms with Gasteiger partial charge in [-0.25, -0.2) is 4.39 Å². The summed E-state index contributed by atoms with van der Waals surface area (Å²) in [6, 6.07) is 4.56. The van der Waals surface area contributed by atoms with E-state index >= 15 is 0 Å². The van der Waals surface area contributed by atoms with E-state index in [2.05, 4.69) is 36.7 Å². The van der Waals surface area contributed by atoms with Crippen molar-refractivity contribution >= 4 is 15.9 Å². The molecule has 0 fully saturated rings. The predicted molar refractivity (Wildman–Crippen MR) is 67.9 cm³/mol. The number of halogens is 2. The molecule has 1 atom stereocenters. The molecule has 1 nitrogen and oxygen atoms in total. The van der Waals surface area contributed by atoms with Crippen LogP contribution in [-0.2, 0) is 6.42 Å². The second kappa shape index (κ2) is 5.28. The number of hydrogen-bond acceptors (Lipinski definition) is 1. The molecule has 0 spiro atoms. The van der Waals surface area contributed by atoms with Gasteiger partial charge in [0, 0.05) is 4.47 Å². The van der Waals surface area contributed by atoms with Gasteiger partial charge in [0.05, 0.1) is 6.10 Å². The number of rotatable bonds is 3. The maximum Gasteiger partial charge on any atom is 0.124 e. The molecule has 3 heteroatoms. The molecule has 0 saturated carbocycles. The van der Waals surface area contributed by atoms with E-state index in [1.165, 1.54) is 12.1 Å². The topological polar surface area (TPSA) is 20.2 Å². The van der Waals surface area contributed by atoms with Crippen LogP contribution in [0.1, 0.15) is 32.8 Å². The monoisotopic (exact) mass is 288 g/mol. The summed E-state index contributed by atoms with van der Waals surface area (Å²) in [5, 5.41) is 9.92. The minimum Gasteiger partial charge on any atom is -0.393 e. The standard InChI is InChI=1S/C13H18BrFO/c1-13(2,3)8-11(16)6-9-4-5-10(15)7-12(9)14/h4-5,7,11,16H,6,8H2,1-3H3. The molecule has 1 unspecified atom stereocenters. The van der Waals surface area contributed by atoms with E-state index in [0.29, 0.717) is 6.42 Å². The summed E-state index contributed by atoms with van der Waals surface area (Å²) < 4.78 is 13.6. The summed E-state index contributed by atoms with van der Waals surface area (Å²) >= 11 is 3.30. The molecule has 0 radical (unpaired) electrons. The van der Waals surface area contributed by atoms with Crippen LogP contribution in [-0.4, -0.2) is 11.2 Å². The van der Waals surface area contributed by atoms with Crippen molar-refractivity contribution in [2.45, 2.75) is 39.7 Å². The van der Waals surface area contributed by atoms with Gasteiger partial charge in [0.25, 0.3) is 0 Å². The maximum absolute atomic E-state index is 12.9. The molecule has 0 aliphatic rings. The normalized spacial score (nSPS) is 13.9. The first-order valence-electron chi connectivity index (χ1n) is 5.40. The van der Waals surface area contributed by atoms with Gasteiger partial charge in [-0.3, -0.25) is 0 Å². The first kappa shape index (κ1) is 13.7. The number of aliphatic hydroxyl groups is 1. The second-order valence-electron chi connectivity index (χ2n) is 5.36. The van der Waals surface area contributed by atoms with E-state index in [1.54, 1.807) is 6.07 Å². The van der Waals surface area contributed by atoms with Crippen molar-refractivity contribution in [3.05, 3.63) is 34.1 Å². The fraction of sp³-hybridized carbons (Fsp3) is 0.538. The molecule has 16 heavy (non-hydrogen) atoms. The highest BCUT2D eigenvalue weighted by molar-refractivity contribution is 9.10. The van der Waals surface area contributed by atoms with E-state index in [1.807, 2.05) is 0 Å². The molecule has 0 aliphatic heterocycles. The molecule has 0 saturated heterocycles. The summed E-state index contributed by atoms with van der Waals surface area (Å²) in [4.78, 5) is 0. The van der Waals surface area contributed by atoms with E-state index in [-0.39, 0.29) is 17.3 Å². The third kappa shape index (κ3) is 4.62. The van der Waals surface area contributed by atoms with Crippen molar-refractivity contribution in [3.8, 4) is 0 Å². The molecule has 0 aromatic heterocycles. The van der Waals surface area contributed by atoms with Crippen molar-refractivity contribution in [1.82, 2.24) is 0 Å². The minimum absolute atomic E-state index is 0.103. The van der Waals surface area contributed by atoms with Gasteiger partial charge in [0.15, 0.2) is 0 Å². The van der Waals surface area contributed by atoms with Gasteiger partial charge in [0.2, 0.25) is 0 Å². The van der Waals surface area contributed by atoms with E-state index < -0.39 is 0 Å². The van der Waals surface area contributed by atoms with Crippen LogP contribution in [0.3, 0.4) is 0 Å². The van der Waals surface area contributed by atoms with Gasteiger partial charge in [-0.05, 0) is 36.0 Å². The van der Waals surface area contributed by atoms with Crippen LogP contribution in [0, 0.1) is 11.2 Å². The Hall–Kier alpha value is -0.410. The highest BCUT2D eigenvalue weighted by atomic mass is 79.9. The van der Waals surface area contributed by atoms with Crippen molar-refractivity contribution < 1.29 is 9.50 Å². The van der Waals surface area contributed by atoms with Crippen molar-refractivity contribution in [1.29, 1.82) is 0 Å². The first-order chi connectivity index (χ1) is 7.28. The predicted octanol–water partition coefficient (Wildman–Crippen LogP) is 3.93. The SMILES string of the molecule is CC(C)(C)CC(O)Cc1ccc(F)cc1Br. The molecule has 0 amide bonds. The smallest absolute Gasteiger partial charge is 0.124 e. The van der Waals surface area contributed by atoms with E-state index in [0.717, 1.165) is 16.5 Å². The van der Waals surface area contributed by atoms with E-state index in [9.17, 15) is 9.50 Å². The Balaban J connectivity index is 2.66.